The largest absolute Gasteiger partial charge is 0.465 e. The predicted octanol–water partition coefficient (Wildman–Crippen LogP) is 1.64. The number of halogens is 1. The fourth-order valence-electron chi connectivity index (χ4n) is 1.37. The van der Waals surface area contributed by atoms with Gasteiger partial charge in [-0.15, -0.1) is 0 Å². The first-order chi connectivity index (χ1) is 8.62. The van der Waals surface area contributed by atoms with Gasteiger partial charge in [0.05, 0.1) is 19.2 Å². The van der Waals surface area contributed by atoms with Gasteiger partial charge in [0.15, 0.2) is 6.29 Å². The van der Waals surface area contributed by atoms with Crippen molar-refractivity contribution in [2.75, 3.05) is 33.2 Å². The average Bonchev–Trinajstić information content (AvgIpc) is 2.40. The Hall–Kier alpha value is -1.66. The molecule has 0 heterocycles. The number of anilines is 1. The van der Waals surface area contributed by atoms with Crippen molar-refractivity contribution in [3.8, 4) is 0 Å². The van der Waals surface area contributed by atoms with Crippen LogP contribution in [0.25, 0.3) is 0 Å². The maximum absolute atomic E-state index is 13.4. The lowest BCUT2D eigenvalue weighted by atomic mass is 10.2. The Morgan fingerprint density at radius 1 is 1.33 bits per heavy atom. The van der Waals surface area contributed by atoms with E-state index in [1.807, 2.05) is 0 Å². The highest BCUT2D eigenvalue weighted by Crippen LogP contribution is 2.15. The molecule has 0 aliphatic rings. The second kappa shape index (κ2) is 6.93. The molecular formula is C12H16FNO4. The zero-order valence-corrected chi connectivity index (χ0v) is 10.5. The Labute approximate surface area is 105 Å². The number of hydrogen-bond acceptors (Lipinski definition) is 5. The van der Waals surface area contributed by atoms with Crippen LogP contribution in [0.15, 0.2) is 18.2 Å². The molecule has 1 rings (SSSR count). The summed E-state index contributed by atoms with van der Waals surface area (Å²) in [5.74, 6) is -1.34. The molecule has 1 aromatic carbocycles. The second-order valence-corrected chi connectivity index (χ2v) is 3.47. The quantitative estimate of drug-likeness (QED) is 0.620. The van der Waals surface area contributed by atoms with Crippen molar-refractivity contribution in [2.45, 2.75) is 6.29 Å². The van der Waals surface area contributed by atoms with Crippen molar-refractivity contribution in [1.82, 2.24) is 0 Å². The smallest absolute Gasteiger partial charge is 0.340 e. The van der Waals surface area contributed by atoms with Gasteiger partial charge in [0.1, 0.15) is 5.82 Å². The predicted molar refractivity (Wildman–Crippen MR) is 64.0 cm³/mol. The van der Waals surface area contributed by atoms with Gasteiger partial charge in [0.25, 0.3) is 0 Å². The van der Waals surface area contributed by atoms with Gasteiger partial charge in [-0.05, 0) is 18.2 Å². The first-order valence-electron chi connectivity index (χ1n) is 5.29. The molecule has 0 atom stereocenters. The van der Waals surface area contributed by atoms with Crippen LogP contribution in [-0.2, 0) is 14.2 Å². The molecule has 0 aliphatic heterocycles. The molecule has 1 aromatic rings. The van der Waals surface area contributed by atoms with Crippen LogP contribution in [0.1, 0.15) is 10.4 Å². The van der Waals surface area contributed by atoms with Gasteiger partial charge < -0.3 is 19.5 Å². The molecule has 0 amide bonds. The highest BCUT2D eigenvalue weighted by molar-refractivity contribution is 5.90. The van der Waals surface area contributed by atoms with E-state index in [-0.39, 0.29) is 5.56 Å². The highest BCUT2D eigenvalue weighted by Gasteiger charge is 2.13. The molecule has 0 aromatic heterocycles. The number of hydrogen-bond donors (Lipinski definition) is 1. The van der Waals surface area contributed by atoms with E-state index in [0.717, 1.165) is 0 Å². The van der Waals surface area contributed by atoms with Gasteiger partial charge in [-0.3, -0.25) is 0 Å². The van der Waals surface area contributed by atoms with Crippen LogP contribution in [-0.4, -0.2) is 40.1 Å². The molecule has 6 heteroatoms. The number of ether oxygens (including phenoxy) is 3. The van der Waals surface area contributed by atoms with E-state index in [9.17, 15) is 9.18 Å². The fraction of sp³-hybridized carbons (Fsp3) is 0.417. The summed E-state index contributed by atoms with van der Waals surface area (Å²) in [4.78, 5) is 11.3. The van der Waals surface area contributed by atoms with Gasteiger partial charge in [0, 0.05) is 19.9 Å². The number of esters is 1. The minimum atomic E-state index is -0.716. The van der Waals surface area contributed by atoms with Crippen LogP contribution >= 0.6 is 0 Å². The van der Waals surface area contributed by atoms with Crippen molar-refractivity contribution < 1.29 is 23.4 Å². The summed E-state index contributed by atoms with van der Waals surface area (Å²) in [6.07, 6.45) is -0.420. The minimum Gasteiger partial charge on any atom is -0.465 e. The normalized spacial score (nSPS) is 10.5. The summed E-state index contributed by atoms with van der Waals surface area (Å²) >= 11 is 0. The summed E-state index contributed by atoms with van der Waals surface area (Å²) in [6.45, 7) is 0.374. The monoisotopic (exact) mass is 257 g/mol. The van der Waals surface area contributed by atoms with E-state index in [2.05, 4.69) is 10.1 Å². The third-order valence-electron chi connectivity index (χ3n) is 2.37. The molecule has 0 fully saturated rings. The molecule has 1 N–H and O–H groups in total. The van der Waals surface area contributed by atoms with Crippen molar-refractivity contribution in [3.63, 3.8) is 0 Å². The van der Waals surface area contributed by atoms with Crippen molar-refractivity contribution >= 4 is 11.7 Å². The summed E-state index contributed by atoms with van der Waals surface area (Å²) in [5, 5.41) is 2.97. The van der Waals surface area contributed by atoms with Crippen LogP contribution in [0, 0.1) is 5.82 Å². The molecule has 0 bridgehead atoms. The van der Waals surface area contributed by atoms with Crippen LogP contribution < -0.4 is 5.32 Å². The third-order valence-corrected chi connectivity index (χ3v) is 2.37. The van der Waals surface area contributed by atoms with Crippen LogP contribution in [0.2, 0.25) is 0 Å². The minimum absolute atomic E-state index is 0.117. The average molecular weight is 257 g/mol. The van der Waals surface area contributed by atoms with E-state index < -0.39 is 18.1 Å². The van der Waals surface area contributed by atoms with Gasteiger partial charge in [-0.25, -0.2) is 9.18 Å². The summed E-state index contributed by atoms with van der Waals surface area (Å²) in [6, 6.07) is 4.09. The molecule has 100 valence electrons. The van der Waals surface area contributed by atoms with E-state index in [4.69, 9.17) is 9.47 Å². The second-order valence-electron chi connectivity index (χ2n) is 3.47. The lowest BCUT2D eigenvalue weighted by Gasteiger charge is -2.15. The number of carbonyl (C=O) groups is 1. The van der Waals surface area contributed by atoms with Gasteiger partial charge >= 0.3 is 5.97 Å². The van der Waals surface area contributed by atoms with E-state index in [0.29, 0.717) is 12.2 Å². The Balaban J connectivity index is 2.76. The number of methoxy groups -OCH3 is 3. The van der Waals surface area contributed by atoms with Gasteiger partial charge in [0.2, 0.25) is 0 Å². The number of nitrogens with one attached hydrogen (secondary N) is 1. The molecule has 5 nitrogen and oxygen atoms in total. The standard InChI is InChI=1S/C12H16FNO4/c1-16-11(17-2)7-14-8-4-5-10(13)9(6-8)12(15)18-3/h4-6,11,14H,7H2,1-3H3. The van der Waals surface area contributed by atoms with Gasteiger partial charge in [-0.1, -0.05) is 0 Å². The number of rotatable bonds is 6. The van der Waals surface area contributed by atoms with Crippen molar-refractivity contribution in [2.24, 2.45) is 0 Å². The molecular weight excluding hydrogens is 241 g/mol. The summed E-state index contributed by atoms with van der Waals surface area (Å²) < 4.78 is 27.8. The number of benzene rings is 1. The summed E-state index contributed by atoms with van der Waals surface area (Å²) in [5.41, 5.74) is 0.463. The topological polar surface area (TPSA) is 56.8 Å². The lowest BCUT2D eigenvalue weighted by molar-refractivity contribution is -0.0914. The Morgan fingerprint density at radius 3 is 2.56 bits per heavy atom. The van der Waals surface area contributed by atoms with Crippen molar-refractivity contribution in [1.29, 1.82) is 0 Å². The van der Waals surface area contributed by atoms with E-state index >= 15 is 0 Å². The molecule has 0 aliphatic carbocycles. The van der Waals surface area contributed by atoms with Crippen LogP contribution in [0.5, 0.6) is 0 Å². The van der Waals surface area contributed by atoms with Crippen molar-refractivity contribution in [3.05, 3.63) is 29.6 Å². The van der Waals surface area contributed by atoms with Gasteiger partial charge in [-0.2, -0.15) is 0 Å². The molecule has 0 saturated heterocycles. The number of carbonyl (C=O) groups excluding carboxylic acids is 1. The Morgan fingerprint density at radius 2 is 2.00 bits per heavy atom. The lowest BCUT2D eigenvalue weighted by Crippen LogP contribution is -2.23. The zero-order chi connectivity index (χ0) is 13.5. The van der Waals surface area contributed by atoms with E-state index in [1.54, 1.807) is 0 Å². The SMILES string of the molecule is COC(=O)c1cc(NCC(OC)OC)ccc1F. The molecule has 18 heavy (non-hydrogen) atoms. The maximum Gasteiger partial charge on any atom is 0.340 e. The zero-order valence-electron chi connectivity index (χ0n) is 10.5. The molecule has 0 unspecified atom stereocenters. The van der Waals surface area contributed by atoms with Crippen LogP contribution in [0.3, 0.4) is 0 Å². The maximum atomic E-state index is 13.4. The highest BCUT2D eigenvalue weighted by atomic mass is 19.1. The molecule has 0 radical (unpaired) electrons. The Bertz CT molecular complexity index is 407. The molecule has 0 spiro atoms. The van der Waals surface area contributed by atoms with E-state index in [1.165, 1.54) is 39.5 Å². The first-order valence-corrected chi connectivity index (χ1v) is 5.29. The fourth-order valence-corrected chi connectivity index (χ4v) is 1.37. The third kappa shape index (κ3) is 3.68. The summed E-state index contributed by atoms with van der Waals surface area (Å²) in [7, 11) is 4.23. The first kappa shape index (κ1) is 14.4. The Kier molecular flexibility index (Phi) is 5.54. The van der Waals surface area contributed by atoms with Crippen LogP contribution in [0.4, 0.5) is 10.1 Å². The molecule has 0 saturated carbocycles.